The molecule has 0 unspecified atom stereocenters. The lowest BCUT2D eigenvalue weighted by Gasteiger charge is -2.18. The molecule has 1 fully saturated rings. The van der Waals surface area contributed by atoms with Crippen molar-refractivity contribution in [1.82, 2.24) is 4.31 Å². The Morgan fingerprint density at radius 2 is 1.92 bits per heavy atom. The van der Waals surface area contributed by atoms with Crippen molar-refractivity contribution in [2.45, 2.75) is 17.7 Å². The van der Waals surface area contributed by atoms with E-state index in [4.69, 9.17) is 11.0 Å². The molecule has 6 heteroatoms. The van der Waals surface area contributed by atoms with Gasteiger partial charge in [0.1, 0.15) is 0 Å². The minimum Gasteiger partial charge on any atom is -0.330 e. The van der Waals surface area contributed by atoms with Gasteiger partial charge in [0.25, 0.3) is 0 Å². The first-order valence-electron chi connectivity index (χ1n) is 8.23. The van der Waals surface area contributed by atoms with Crippen LogP contribution in [0.4, 0.5) is 0 Å². The second-order valence-corrected chi connectivity index (χ2v) is 8.33. The highest BCUT2D eigenvalue weighted by Gasteiger charge is 2.39. The lowest BCUT2D eigenvalue weighted by Crippen LogP contribution is -2.30. The van der Waals surface area contributed by atoms with Gasteiger partial charge >= 0.3 is 0 Å². The molecule has 2 N–H and O–H groups in total. The van der Waals surface area contributed by atoms with Crippen molar-refractivity contribution in [3.8, 4) is 6.07 Å². The molecule has 5 nitrogen and oxygen atoms in total. The highest BCUT2D eigenvalue weighted by Crippen LogP contribution is 2.35. The van der Waals surface area contributed by atoms with Crippen molar-refractivity contribution in [2.24, 2.45) is 11.7 Å². The average Bonchev–Trinajstić information content (AvgIpc) is 3.08. The number of hydrogen-bond acceptors (Lipinski definition) is 4. The van der Waals surface area contributed by atoms with Crippen LogP contribution in [0.2, 0.25) is 0 Å². The van der Waals surface area contributed by atoms with Crippen LogP contribution in [-0.4, -0.2) is 32.4 Å². The molecule has 0 bridgehead atoms. The van der Waals surface area contributed by atoms with E-state index < -0.39 is 10.0 Å². The Balaban J connectivity index is 1.96. The van der Waals surface area contributed by atoms with Gasteiger partial charge in [-0.15, -0.1) is 0 Å². The molecule has 2 aromatic carbocycles. The number of hydrogen-bond donors (Lipinski definition) is 1. The van der Waals surface area contributed by atoms with E-state index in [0.717, 1.165) is 5.56 Å². The standard InChI is InChI=1S/C19H21N3O2S/c1-14-7-8-15(10-20)9-19(14)25(23,24)22-12-17(11-21)18(13-22)16-5-3-2-4-6-16/h2-9,17-18H,11-13,21H2,1H3/t17-,18+/m1/s1. The fraction of sp³-hybridized carbons (Fsp3) is 0.316. The molecule has 0 spiro atoms. The third kappa shape index (κ3) is 3.31. The van der Waals surface area contributed by atoms with Crippen LogP contribution >= 0.6 is 0 Å². The summed E-state index contributed by atoms with van der Waals surface area (Å²) >= 11 is 0. The Bertz CT molecular complexity index is 904. The first-order valence-corrected chi connectivity index (χ1v) is 9.67. The van der Waals surface area contributed by atoms with Gasteiger partial charge in [0.15, 0.2) is 0 Å². The second kappa shape index (κ2) is 6.96. The molecule has 2 aromatic rings. The Kier molecular flexibility index (Phi) is 4.91. The van der Waals surface area contributed by atoms with Gasteiger partial charge in [-0.3, -0.25) is 0 Å². The van der Waals surface area contributed by atoms with Crippen LogP contribution in [0, 0.1) is 24.2 Å². The summed E-state index contributed by atoms with van der Waals surface area (Å²) in [5, 5.41) is 9.08. The van der Waals surface area contributed by atoms with Crippen LogP contribution in [-0.2, 0) is 10.0 Å². The van der Waals surface area contributed by atoms with Gasteiger partial charge in [0.05, 0.1) is 16.5 Å². The number of nitrogens with two attached hydrogens (primary N) is 1. The van der Waals surface area contributed by atoms with Crippen LogP contribution in [0.5, 0.6) is 0 Å². The summed E-state index contributed by atoms with van der Waals surface area (Å²) in [4.78, 5) is 0.205. The highest BCUT2D eigenvalue weighted by molar-refractivity contribution is 7.89. The van der Waals surface area contributed by atoms with Crippen molar-refractivity contribution >= 4 is 10.0 Å². The van der Waals surface area contributed by atoms with Crippen molar-refractivity contribution in [3.63, 3.8) is 0 Å². The third-order valence-electron chi connectivity index (χ3n) is 4.87. The maximum atomic E-state index is 13.1. The van der Waals surface area contributed by atoms with Gasteiger partial charge in [-0.2, -0.15) is 9.57 Å². The van der Waals surface area contributed by atoms with Crippen molar-refractivity contribution in [3.05, 3.63) is 65.2 Å². The topological polar surface area (TPSA) is 87.2 Å². The zero-order valence-corrected chi connectivity index (χ0v) is 14.9. The largest absolute Gasteiger partial charge is 0.330 e. The molecule has 1 aliphatic rings. The summed E-state index contributed by atoms with van der Waals surface area (Å²) in [5.41, 5.74) is 8.02. The van der Waals surface area contributed by atoms with Gasteiger partial charge in [0, 0.05) is 19.0 Å². The lowest BCUT2D eigenvalue weighted by molar-refractivity contribution is 0.458. The Morgan fingerprint density at radius 1 is 1.20 bits per heavy atom. The molecule has 0 amide bonds. The summed E-state index contributed by atoms with van der Waals surface area (Å²) < 4.78 is 27.8. The van der Waals surface area contributed by atoms with E-state index in [0.29, 0.717) is 30.8 Å². The minimum absolute atomic E-state index is 0.0802. The molecule has 0 radical (unpaired) electrons. The summed E-state index contributed by atoms with van der Waals surface area (Å²) in [6.45, 7) is 2.99. The molecule has 1 saturated heterocycles. The predicted molar refractivity (Wildman–Crippen MR) is 96.4 cm³/mol. The molecule has 2 atom stereocenters. The first kappa shape index (κ1) is 17.6. The number of benzene rings is 2. The van der Waals surface area contributed by atoms with E-state index in [1.165, 1.54) is 10.4 Å². The average molecular weight is 355 g/mol. The van der Waals surface area contributed by atoms with E-state index >= 15 is 0 Å². The van der Waals surface area contributed by atoms with Gasteiger partial charge in [-0.25, -0.2) is 8.42 Å². The van der Waals surface area contributed by atoms with Crippen molar-refractivity contribution in [1.29, 1.82) is 5.26 Å². The van der Waals surface area contributed by atoms with Crippen LogP contribution < -0.4 is 5.73 Å². The van der Waals surface area contributed by atoms with Gasteiger partial charge < -0.3 is 5.73 Å². The number of aryl methyl sites for hydroxylation is 1. The summed E-state index contributed by atoms with van der Waals surface area (Å²) in [7, 11) is -3.66. The van der Waals surface area contributed by atoms with E-state index in [9.17, 15) is 8.42 Å². The summed E-state index contributed by atoms with van der Waals surface area (Å²) in [6, 6.07) is 16.7. The first-order chi connectivity index (χ1) is 12.0. The number of sulfonamides is 1. The fourth-order valence-corrected chi connectivity index (χ4v) is 5.20. The fourth-order valence-electron chi connectivity index (χ4n) is 3.43. The molecule has 0 saturated carbocycles. The van der Waals surface area contributed by atoms with Crippen molar-refractivity contribution in [2.75, 3.05) is 19.6 Å². The number of nitrogens with zero attached hydrogens (tertiary/aromatic N) is 2. The summed E-state index contributed by atoms with van der Waals surface area (Å²) in [5.74, 6) is 0.164. The molecule has 0 aliphatic carbocycles. The monoisotopic (exact) mass is 355 g/mol. The molecule has 1 aliphatic heterocycles. The van der Waals surface area contributed by atoms with E-state index in [2.05, 4.69) is 0 Å². The molecule has 3 rings (SSSR count). The lowest BCUT2D eigenvalue weighted by atomic mass is 9.89. The summed E-state index contributed by atoms with van der Waals surface area (Å²) in [6.07, 6.45) is 0. The molecular formula is C19H21N3O2S. The maximum absolute atomic E-state index is 13.1. The predicted octanol–water partition coefficient (Wildman–Crippen LogP) is 2.23. The highest BCUT2D eigenvalue weighted by atomic mass is 32.2. The minimum atomic E-state index is -3.66. The molecular weight excluding hydrogens is 334 g/mol. The van der Waals surface area contributed by atoms with Crippen LogP contribution in [0.15, 0.2) is 53.4 Å². The maximum Gasteiger partial charge on any atom is 0.243 e. The van der Waals surface area contributed by atoms with Crippen LogP contribution in [0.1, 0.15) is 22.6 Å². The van der Waals surface area contributed by atoms with E-state index in [-0.39, 0.29) is 16.7 Å². The van der Waals surface area contributed by atoms with Crippen LogP contribution in [0.3, 0.4) is 0 Å². The molecule has 1 heterocycles. The van der Waals surface area contributed by atoms with Crippen LogP contribution in [0.25, 0.3) is 0 Å². The van der Waals surface area contributed by atoms with Gasteiger partial charge in [-0.1, -0.05) is 36.4 Å². The second-order valence-electron chi connectivity index (χ2n) is 6.43. The number of rotatable bonds is 4. The molecule has 130 valence electrons. The Labute approximate surface area is 148 Å². The van der Waals surface area contributed by atoms with E-state index in [1.54, 1.807) is 19.1 Å². The van der Waals surface area contributed by atoms with E-state index in [1.807, 2.05) is 36.4 Å². The SMILES string of the molecule is Cc1ccc(C#N)cc1S(=O)(=O)N1C[C@@H](CN)[C@H](c2ccccc2)C1. The number of nitriles is 1. The normalized spacial score (nSPS) is 21.2. The molecule has 0 aromatic heterocycles. The quantitative estimate of drug-likeness (QED) is 0.911. The smallest absolute Gasteiger partial charge is 0.243 e. The third-order valence-corrected chi connectivity index (χ3v) is 6.85. The zero-order chi connectivity index (χ0) is 18.0. The Morgan fingerprint density at radius 3 is 2.56 bits per heavy atom. The van der Waals surface area contributed by atoms with Gasteiger partial charge in [0.2, 0.25) is 10.0 Å². The van der Waals surface area contributed by atoms with Crippen molar-refractivity contribution < 1.29 is 8.42 Å². The molecule has 25 heavy (non-hydrogen) atoms. The Hall–Kier alpha value is -2.20. The van der Waals surface area contributed by atoms with Gasteiger partial charge in [-0.05, 0) is 42.6 Å². The zero-order valence-electron chi connectivity index (χ0n) is 14.1.